The fourth-order valence-electron chi connectivity index (χ4n) is 10.9. The van der Waals surface area contributed by atoms with Crippen molar-refractivity contribution in [1.82, 2.24) is 0 Å². The molecule has 12 aromatic rings. The second-order valence-electron chi connectivity index (χ2n) is 17.7. The summed E-state index contributed by atoms with van der Waals surface area (Å²) in [4.78, 5) is 0. The molecule has 0 bridgehead atoms. The molecule has 0 radical (unpaired) electrons. The molecule has 0 saturated carbocycles. The lowest BCUT2D eigenvalue weighted by Gasteiger charge is -2.23. The first-order chi connectivity index (χ1) is 30.9. The van der Waals surface area contributed by atoms with Gasteiger partial charge >= 0.3 is 0 Å². The van der Waals surface area contributed by atoms with Crippen molar-refractivity contribution in [2.45, 2.75) is 19.3 Å². The van der Waals surface area contributed by atoms with Crippen LogP contribution in [0.5, 0.6) is 0 Å². The third kappa shape index (κ3) is 5.07. The van der Waals surface area contributed by atoms with Crippen molar-refractivity contribution in [2.24, 2.45) is 0 Å². The van der Waals surface area contributed by atoms with Gasteiger partial charge < -0.3 is 8.83 Å². The molecule has 0 unspecified atom stereocenters. The first-order valence-electron chi connectivity index (χ1n) is 21.7. The lowest BCUT2D eigenvalue weighted by atomic mass is 9.79. The Morgan fingerprint density at radius 2 is 0.889 bits per heavy atom. The molecule has 10 aromatic carbocycles. The summed E-state index contributed by atoms with van der Waals surface area (Å²) in [5.41, 5.74) is 18.1. The van der Waals surface area contributed by atoms with Gasteiger partial charge in [0.25, 0.3) is 0 Å². The highest BCUT2D eigenvalue weighted by atomic mass is 16.3. The second-order valence-corrected chi connectivity index (χ2v) is 17.7. The minimum absolute atomic E-state index is 0.222. The predicted molar refractivity (Wildman–Crippen MR) is 268 cm³/mol. The number of hydrogen-bond donors (Lipinski definition) is 0. The molecule has 2 heteroatoms. The molecule has 0 amide bonds. The van der Waals surface area contributed by atoms with Gasteiger partial charge in [0.1, 0.15) is 22.3 Å². The number of rotatable bonds is 5. The van der Waals surface area contributed by atoms with E-state index in [0.717, 1.165) is 60.4 Å². The summed E-state index contributed by atoms with van der Waals surface area (Å²) in [6.45, 7) is 13.1. The van der Waals surface area contributed by atoms with Crippen LogP contribution >= 0.6 is 0 Å². The Balaban J connectivity index is 0.924. The van der Waals surface area contributed by atoms with E-state index in [1.165, 1.54) is 82.6 Å². The topological polar surface area (TPSA) is 26.3 Å². The van der Waals surface area contributed by atoms with Crippen LogP contribution in [0.1, 0.15) is 36.1 Å². The summed E-state index contributed by atoms with van der Waals surface area (Å²) in [5, 5.41) is 11.7. The molecular formula is C61H40O2. The van der Waals surface area contributed by atoms with Crippen LogP contribution in [0.15, 0.2) is 192 Å². The predicted octanol–water partition coefficient (Wildman–Crippen LogP) is 17.5. The SMILES string of the molecule is C=Cc1cccc(-c2c3ccccc3c(-c3ccc4c(c3)C(C)(C)c3cc(-c5ccc6oc7cc8cc9oc%10ccccc%10c9cc8cc7c6c5)ccc3-4)c3ccccc23)c1C=C. The Morgan fingerprint density at radius 3 is 1.54 bits per heavy atom. The van der Waals surface area contributed by atoms with E-state index in [1.807, 2.05) is 24.3 Å². The summed E-state index contributed by atoms with van der Waals surface area (Å²) < 4.78 is 12.7. The molecular weight excluding hydrogens is 765 g/mol. The van der Waals surface area contributed by atoms with E-state index in [-0.39, 0.29) is 5.41 Å². The van der Waals surface area contributed by atoms with E-state index in [2.05, 4.69) is 185 Å². The molecule has 0 spiro atoms. The summed E-state index contributed by atoms with van der Waals surface area (Å²) in [7, 11) is 0. The van der Waals surface area contributed by atoms with Crippen LogP contribution in [0.3, 0.4) is 0 Å². The lowest BCUT2D eigenvalue weighted by Crippen LogP contribution is -2.15. The maximum atomic E-state index is 6.48. The minimum Gasteiger partial charge on any atom is -0.456 e. The summed E-state index contributed by atoms with van der Waals surface area (Å²) in [6, 6.07) is 62.1. The first kappa shape index (κ1) is 35.8. The molecule has 0 saturated heterocycles. The van der Waals surface area contributed by atoms with E-state index in [4.69, 9.17) is 8.83 Å². The van der Waals surface area contributed by atoms with Crippen LogP contribution < -0.4 is 0 Å². The monoisotopic (exact) mass is 804 g/mol. The Labute approximate surface area is 364 Å². The van der Waals surface area contributed by atoms with Crippen molar-refractivity contribution in [1.29, 1.82) is 0 Å². The highest BCUT2D eigenvalue weighted by Gasteiger charge is 2.36. The molecule has 13 rings (SSSR count). The third-order valence-corrected chi connectivity index (χ3v) is 14.0. The molecule has 2 nitrogen and oxygen atoms in total. The van der Waals surface area contributed by atoms with E-state index in [0.29, 0.717) is 0 Å². The van der Waals surface area contributed by atoms with Gasteiger partial charge in [0.05, 0.1) is 0 Å². The van der Waals surface area contributed by atoms with Crippen LogP contribution in [-0.4, -0.2) is 0 Å². The zero-order chi connectivity index (χ0) is 42.1. The van der Waals surface area contributed by atoms with Crippen molar-refractivity contribution in [2.75, 3.05) is 0 Å². The normalized spacial score (nSPS) is 13.2. The Bertz CT molecular complexity index is 3920. The summed E-state index contributed by atoms with van der Waals surface area (Å²) >= 11 is 0. The minimum atomic E-state index is -0.222. The molecule has 0 atom stereocenters. The molecule has 1 aliphatic rings. The van der Waals surface area contributed by atoms with E-state index >= 15 is 0 Å². The van der Waals surface area contributed by atoms with Crippen LogP contribution in [-0.2, 0) is 5.41 Å². The highest BCUT2D eigenvalue weighted by molar-refractivity contribution is 6.22. The standard InChI is InChI=1S/C61H40O2/c1-5-35-14-13-20-45(41(35)6-2)60-48-18-9-7-16-46(48)59(47-17-8-10-19-49(47)60)38-23-26-43-42-25-22-37(31-53(42)61(3,4)54(43)32-38)36-24-27-56-51(28-36)52-30-39-29-50-44-15-11-12-21-55(44)62-57(50)33-40(39)34-58(52)63-56/h5-34H,1-2H2,3-4H3. The molecule has 63 heavy (non-hydrogen) atoms. The lowest BCUT2D eigenvalue weighted by molar-refractivity contribution is 0.661. The maximum absolute atomic E-state index is 6.48. The van der Waals surface area contributed by atoms with Gasteiger partial charge in [0.2, 0.25) is 0 Å². The third-order valence-electron chi connectivity index (χ3n) is 14.0. The van der Waals surface area contributed by atoms with Gasteiger partial charge in [-0.2, -0.15) is 0 Å². The Kier molecular flexibility index (Phi) is 7.40. The van der Waals surface area contributed by atoms with Crippen molar-refractivity contribution >= 4 is 88.3 Å². The molecule has 1 aliphatic carbocycles. The number of furan rings is 2. The molecule has 0 N–H and O–H groups in total. The molecule has 2 aromatic heterocycles. The molecule has 296 valence electrons. The maximum Gasteiger partial charge on any atom is 0.136 e. The van der Waals surface area contributed by atoms with Gasteiger partial charge in [0, 0.05) is 27.0 Å². The van der Waals surface area contributed by atoms with Crippen molar-refractivity contribution in [3.8, 4) is 44.5 Å². The second kappa shape index (κ2) is 13.0. The number of hydrogen-bond acceptors (Lipinski definition) is 2. The van der Waals surface area contributed by atoms with Gasteiger partial charge in [-0.3, -0.25) is 0 Å². The zero-order valence-corrected chi connectivity index (χ0v) is 35.1. The quantitative estimate of drug-likeness (QED) is 0.162. The number of benzene rings is 10. The average Bonchev–Trinajstić information content (AvgIpc) is 3.94. The number of para-hydroxylation sites is 1. The molecule has 0 aliphatic heterocycles. The van der Waals surface area contributed by atoms with E-state index < -0.39 is 0 Å². The molecule has 0 fully saturated rings. The van der Waals surface area contributed by atoms with Crippen LogP contribution in [0, 0.1) is 0 Å². The first-order valence-corrected chi connectivity index (χ1v) is 21.7. The summed E-state index contributed by atoms with van der Waals surface area (Å²) in [6.07, 6.45) is 3.89. The van der Waals surface area contributed by atoms with E-state index in [1.54, 1.807) is 0 Å². The van der Waals surface area contributed by atoms with E-state index in [9.17, 15) is 0 Å². The van der Waals surface area contributed by atoms with Gasteiger partial charge in [-0.25, -0.2) is 0 Å². The molecule has 2 heterocycles. The van der Waals surface area contributed by atoms with Crippen LogP contribution in [0.2, 0.25) is 0 Å². The fourth-order valence-corrected chi connectivity index (χ4v) is 10.9. The number of fused-ring (bicyclic) bond motifs is 12. The van der Waals surface area contributed by atoms with Crippen molar-refractivity contribution < 1.29 is 8.83 Å². The largest absolute Gasteiger partial charge is 0.456 e. The average molecular weight is 805 g/mol. The fraction of sp³-hybridized carbons (Fsp3) is 0.0492. The highest BCUT2D eigenvalue weighted by Crippen LogP contribution is 2.53. The van der Waals surface area contributed by atoms with Crippen LogP contribution in [0.4, 0.5) is 0 Å². The van der Waals surface area contributed by atoms with Gasteiger partial charge in [-0.1, -0.05) is 154 Å². The Morgan fingerprint density at radius 1 is 0.381 bits per heavy atom. The smallest absolute Gasteiger partial charge is 0.136 e. The summed E-state index contributed by atoms with van der Waals surface area (Å²) in [5.74, 6) is 0. The van der Waals surface area contributed by atoms with Crippen molar-refractivity contribution in [3.63, 3.8) is 0 Å². The van der Waals surface area contributed by atoms with Crippen LogP contribution in [0.25, 0.3) is 133 Å². The Hall–Kier alpha value is -7.94. The van der Waals surface area contributed by atoms with Gasteiger partial charge in [-0.15, -0.1) is 0 Å². The van der Waals surface area contributed by atoms with Gasteiger partial charge in [-0.05, 0) is 154 Å². The van der Waals surface area contributed by atoms with Crippen molar-refractivity contribution in [3.05, 3.63) is 205 Å². The zero-order valence-electron chi connectivity index (χ0n) is 35.1. The van der Waals surface area contributed by atoms with Gasteiger partial charge in [0.15, 0.2) is 0 Å².